The van der Waals surface area contributed by atoms with Gasteiger partial charge in [-0.15, -0.1) is 0 Å². The zero-order valence-corrected chi connectivity index (χ0v) is 24.2. The van der Waals surface area contributed by atoms with E-state index in [9.17, 15) is 4.79 Å². The van der Waals surface area contributed by atoms with E-state index in [1.807, 2.05) is 25.1 Å². The molecule has 4 aromatic rings. The number of hydrogen-bond acceptors (Lipinski definition) is 9. The number of nitrogens with zero attached hydrogens (tertiary/aromatic N) is 5. The Morgan fingerprint density at radius 3 is 2.11 bits per heavy atom. The van der Waals surface area contributed by atoms with Gasteiger partial charge in [0.05, 0.1) is 17.1 Å². The quantitative estimate of drug-likeness (QED) is 0.0781. The largest absolute Gasteiger partial charge is 0.369 e. The molecule has 0 aliphatic rings. The lowest BCUT2D eigenvalue weighted by Gasteiger charge is -2.14. The maximum Gasteiger partial charge on any atom is 0.323 e. The summed E-state index contributed by atoms with van der Waals surface area (Å²) in [6.45, 7) is 5.37. The second-order valence-electron chi connectivity index (χ2n) is 9.49. The van der Waals surface area contributed by atoms with Gasteiger partial charge in [0, 0.05) is 52.3 Å². The highest BCUT2D eigenvalue weighted by Gasteiger charge is 2.11. The van der Waals surface area contributed by atoms with Crippen molar-refractivity contribution in [2.45, 2.75) is 20.8 Å². The van der Waals surface area contributed by atoms with Crippen molar-refractivity contribution in [1.82, 2.24) is 25.8 Å². The van der Waals surface area contributed by atoms with Crippen LogP contribution in [0.4, 0.5) is 27.8 Å². The van der Waals surface area contributed by atoms with Crippen molar-refractivity contribution >= 4 is 52.4 Å². The molecule has 224 valence electrons. The standard InChI is InChI=1S/C29H32N14O/c1-16-6-7-22(14-25(16)39-28-35-10-8-24(38-28)19-5-4-9-34-15-19)36-29(44)37-23-12-20(17(2)40-42-26(30)31)11-21(13-23)18(3)41-43-27(32)33/h4-15H,1-3H3,(H4,30,31,42)(H4,32,33,43)(H,35,38,39)(H2,36,37,44)/b40-17+,41-18+. The Hall–Kier alpha value is -6.38. The van der Waals surface area contributed by atoms with Crippen molar-refractivity contribution < 1.29 is 4.79 Å². The second-order valence-corrected chi connectivity index (χ2v) is 9.49. The molecule has 0 saturated heterocycles. The summed E-state index contributed by atoms with van der Waals surface area (Å²) >= 11 is 0. The normalized spacial score (nSPS) is 11.3. The maximum absolute atomic E-state index is 13.1. The molecule has 44 heavy (non-hydrogen) atoms. The Balaban J connectivity index is 1.54. The van der Waals surface area contributed by atoms with Gasteiger partial charge < -0.3 is 27.4 Å². The highest BCUT2D eigenvalue weighted by atomic mass is 16.2. The van der Waals surface area contributed by atoms with Crippen molar-refractivity contribution in [3.05, 3.63) is 89.9 Å². The Labute approximate surface area is 253 Å². The van der Waals surface area contributed by atoms with Crippen LogP contribution in [-0.2, 0) is 0 Å². The number of urea groups is 1. The van der Waals surface area contributed by atoms with Crippen LogP contribution in [0.15, 0.2) is 83.4 Å². The van der Waals surface area contributed by atoms with Gasteiger partial charge in [-0.2, -0.15) is 10.2 Å². The smallest absolute Gasteiger partial charge is 0.323 e. The summed E-state index contributed by atoms with van der Waals surface area (Å²) in [6, 6.07) is 15.7. The number of anilines is 4. The molecule has 0 aliphatic carbocycles. The van der Waals surface area contributed by atoms with Gasteiger partial charge in [-0.3, -0.25) is 15.8 Å². The van der Waals surface area contributed by atoms with E-state index in [0.717, 1.165) is 16.8 Å². The van der Waals surface area contributed by atoms with Gasteiger partial charge >= 0.3 is 6.03 Å². The molecule has 0 atom stereocenters. The van der Waals surface area contributed by atoms with E-state index in [2.05, 4.69) is 52.0 Å². The predicted octanol–water partition coefficient (Wildman–Crippen LogP) is 3.65. The summed E-state index contributed by atoms with van der Waals surface area (Å²) in [5.74, 6) is -0.240. The molecule has 0 saturated carbocycles. The van der Waals surface area contributed by atoms with E-state index in [0.29, 0.717) is 45.6 Å². The SMILES string of the molecule is C/C(=N\NC(=N)N)c1cc(NC(=O)Nc2ccc(C)c(Nc3nccc(-c4cccnc4)n3)c2)cc(/C(C)=N/NC(=N)N)c1. The first-order valence-corrected chi connectivity index (χ1v) is 13.2. The topological polar surface area (TPSA) is 240 Å². The molecule has 0 spiro atoms. The van der Waals surface area contributed by atoms with Gasteiger partial charge in [-0.1, -0.05) is 6.07 Å². The van der Waals surface area contributed by atoms with E-state index < -0.39 is 6.03 Å². The predicted molar refractivity (Wildman–Crippen MR) is 173 cm³/mol. The highest BCUT2D eigenvalue weighted by molar-refractivity contribution is 6.07. The zero-order valence-electron chi connectivity index (χ0n) is 24.2. The third-order valence-electron chi connectivity index (χ3n) is 6.07. The summed E-state index contributed by atoms with van der Waals surface area (Å²) in [5.41, 5.74) is 22.0. The molecule has 0 radical (unpaired) electrons. The van der Waals surface area contributed by atoms with Crippen molar-refractivity contribution in [1.29, 1.82) is 10.8 Å². The molecule has 15 heteroatoms. The number of nitrogens with one attached hydrogen (secondary N) is 7. The van der Waals surface area contributed by atoms with Crippen LogP contribution in [-0.4, -0.2) is 44.3 Å². The molecule has 0 unspecified atom stereocenters. The van der Waals surface area contributed by atoms with Gasteiger partial charge in [0.15, 0.2) is 0 Å². The fourth-order valence-electron chi connectivity index (χ4n) is 3.88. The number of aryl methyl sites for hydroxylation is 1. The molecular weight excluding hydrogens is 560 g/mol. The van der Waals surface area contributed by atoms with Crippen LogP contribution in [0.2, 0.25) is 0 Å². The molecular formula is C29H32N14O. The summed E-state index contributed by atoms with van der Waals surface area (Å²) in [7, 11) is 0. The third kappa shape index (κ3) is 8.56. The summed E-state index contributed by atoms with van der Waals surface area (Å²) in [4.78, 5) is 26.1. The number of pyridine rings is 1. The van der Waals surface area contributed by atoms with Crippen molar-refractivity contribution in [3.63, 3.8) is 0 Å². The van der Waals surface area contributed by atoms with Gasteiger partial charge in [-0.05, 0) is 74.9 Å². The Morgan fingerprint density at radius 2 is 1.50 bits per heavy atom. The summed E-state index contributed by atoms with van der Waals surface area (Å²) in [5, 5.41) is 31.8. The number of nitrogens with two attached hydrogens (primary N) is 2. The molecule has 15 nitrogen and oxygen atoms in total. The number of amides is 2. The van der Waals surface area contributed by atoms with Crippen LogP contribution in [0.25, 0.3) is 11.3 Å². The molecule has 0 aliphatic heterocycles. The number of hydrogen-bond donors (Lipinski definition) is 9. The van der Waals surface area contributed by atoms with Crippen LogP contribution in [0.3, 0.4) is 0 Å². The molecule has 4 rings (SSSR count). The number of benzene rings is 2. The van der Waals surface area contributed by atoms with E-state index in [1.54, 1.807) is 68.8 Å². The molecule has 0 bridgehead atoms. The number of hydrazone groups is 2. The van der Waals surface area contributed by atoms with Crippen molar-refractivity contribution in [3.8, 4) is 11.3 Å². The van der Waals surface area contributed by atoms with Crippen LogP contribution >= 0.6 is 0 Å². The number of carbonyl (C=O) groups is 1. The van der Waals surface area contributed by atoms with E-state index in [4.69, 9.17) is 22.3 Å². The zero-order chi connectivity index (χ0) is 31.6. The Bertz CT molecular complexity index is 1700. The fraction of sp³-hybridized carbons (Fsp3) is 0.103. The van der Waals surface area contributed by atoms with E-state index >= 15 is 0 Å². The number of aromatic nitrogens is 3. The van der Waals surface area contributed by atoms with Crippen LogP contribution in [0.1, 0.15) is 30.5 Å². The van der Waals surface area contributed by atoms with Crippen LogP contribution in [0, 0.1) is 17.7 Å². The summed E-state index contributed by atoms with van der Waals surface area (Å²) in [6.07, 6.45) is 5.09. The molecule has 2 aromatic heterocycles. The van der Waals surface area contributed by atoms with Crippen molar-refractivity contribution in [2.75, 3.05) is 16.0 Å². The highest BCUT2D eigenvalue weighted by Crippen LogP contribution is 2.25. The monoisotopic (exact) mass is 592 g/mol. The van der Waals surface area contributed by atoms with Gasteiger partial charge in [0.25, 0.3) is 0 Å². The second kappa shape index (κ2) is 14.0. The Morgan fingerprint density at radius 1 is 0.841 bits per heavy atom. The van der Waals surface area contributed by atoms with Gasteiger partial charge in [-0.25, -0.2) is 25.6 Å². The number of carbonyl (C=O) groups excluding carboxylic acids is 1. The average Bonchev–Trinajstić information content (AvgIpc) is 3.00. The van der Waals surface area contributed by atoms with Crippen LogP contribution in [0.5, 0.6) is 0 Å². The molecule has 2 aromatic carbocycles. The van der Waals surface area contributed by atoms with Crippen molar-refractivity contribution in [2.24, 2.45) is 21.7 Å². The minimum absolute atomic E-state index is 0.318. The molecule has 2 amide bonds. The summed E-state index contributed by atoms with van der Waals surface area (Å²) < 4.78 is 0. The lowest BCUT2D eigenvalue weighted by atomic mass is 10.0. The lowest BCUT2D eigenvalue weighted by Crippen LogP contribution is -2.27. The van der Waals surface area contributed by atoms with E-state index in [-0.39, 0.29) is 11.9 Å². The first-order valence-electron chi connectivity index (χ1n) is 13.2. The average molecular weight is 593 g/mol. The maximum atomic E-state index is 13.1. The Kier molecular flexibility index (Phi) is 9.72. The third-order valence-corrected chi connectivity index (χ3v) is 6.07. The number of rotatable bonds is 9. The van der Waals surface area contributed by atoms with Crippen LogP contribution < -0.4 is 38.3 Å². The van der Waals surface area contributed by atoms with Gasteiger partial charge in [0.1, 0.15) is 0 Å². The van der Waals surface area contributed by atoms with E-state index in [1.165, 1.54) is 0 Å². The molecule has 0 fully saturated rings. The van der Waals surface area contributed by atoms with Gasteiger partial charge in [0.2, 0.25) is 17.9 Å². The minimum atomic E-state index is -0.495. The first-order chi connectivity index (χ1) is 21.1. The fourth-order valence-corrected chi connectivity index (χ4v) is 3.88. The first kappa shape index (κ1) is 30.6. The number of guanidine groups is 2. The lowest BCUT2D eigenvalue weighted by molar-refractivity contribution is 0.262. The molecule has 11 N–H and O–H groups in total. The molecule has 2 heterocycles. The minimum Gasteiger partial charge on any atom is -0.369 e.